The molecule has 158 valence electrons. The van der Waals surface area contributed by atoms with Crippen molar-refractivity contribution < 1.29 is 4.74 Å². The first-order valence-corrected chi connectivity index (χ1v) is 10.9. The number of aliphatic imine (C=N–C) groups is 1. The molecule has 2 N–H and O–H groups in total. The lowest BCUT2D eigenvalue weighted by Crippen LogP contribution is -2.39. The second-order valence-corrected chi connectivity index (χ2v) is 7.45. The molecule has 0 unspecified atom stereocenters. The van der Waals surface area contributed by atoms with Crippen LogP contribution in [-0.4, -0.2) is 47.0 Å². The van der Waals surface area contributed by atoms with Gasteiger partial charge in [-0.1, -0.05) is 24.1 Å². The van der Waals surface area contributed by atoms with E-state index in [0.717, 1.165) is 62.3 Å². The molecule has 2 aromatic rings. The fourth-order valence-electron chi connectivity index (χ4n) is 3.47. The predicted molar refractivity (Wildman–Crippen MR) is 117 cm³/mol. The molecule has 0 aliphatic carbocycles. The predicted octanol–water partition coefficient (Wildman–Crippen LogP) is 2.88. The molecule has 7 heteroatoms. The van der Waals surface area contributed by atoms with Crippen LogP contribution >= 0.6 is 0 Å². The minimum Gasteiger partial charge on any atom is -0.492 e. The van der Waals surface area contributed by atoms with Gasteiger partial charge in [-0.3, -0.25) is 4.99 Å². The van der Waals surface area contributed by atoms with Crippen LogP contribution < -0.4 is 15.4 Å². The van der Waals surface area contributed by atoms with E-state index in [-0.39, 0.29) is 0 Å². The summed E-state index contributed by atoms with van der Waals surface area (Å²) in [7, 11) is 0. The number of ether oxygens (including phenoxy) is 1. The van der Waals surface area contributed by atoms with Gasteiger partial charge < -0.3 is 19.9 Å². The Bertz CT molecular complexity index is 768. The number of nitrogens with zero attached hydrogens (tertiary/aromatic N) is 4. The molecular weight excluding hydrogens is 364 g/mol. The Labute approximate surface area is 174 Å². The van der Waals surface area contributed by atoms with Crippen LogP contribution in [0.15, 0.2) is 29.3 Å². The molecule has 1 aromatic heterocycles. The quantitative estimate of drug-likeness (QED) is 0.386. The highest BCUT2D eigenvalue weighted by atomic mass is 16.5. The van der Waals surface area contributed by atoms with Crippen LogP contribution in [0.2, 0.25) is 0 Å². The number of aromatic nitrogens is 3. The molecule has 0 saturated heterocycles. The fourth-order valence-corrected chi connectivity index (χ4v) is 3.47. The first-order valence-electron chi connectivity index (χ1n) is 10.9. The Morgan fingerprint density at radius 2 is 2.00 bits per heavy atom. The summed E-state index contributed by atoms with van der Waals surface area (Å²) in [5.41, 5.74) is 1.24. The minimum atomic E-state index is 0.597. The van der Waals surface area contributed by atoms with Crippen molar-refractivity contribution in [1.29, 1.82) is 0 Å². The number of benzene rings is 1. The third-order valence-electron chi connectivity index (χ3n) is 5.04. The van der Waals surface area contributed by atoms with Crippen molar-refractivity contribution in [2.75, 3.05) is 26.2 Å². The summed E-state index contributed by atoms with van der Waals surface area (Å²) < 4.78 is 8.09. The van der Waals surface area contributed by atoms with Crippen molar-refractivity contribution in [2.24, 2.45) is 4.99 Å². The van der Waals surface area contributed by atoms with E-state index in [1.165, 1.54) is 24.8 Å². The summed E-state index contributed by atoms with van der Waals surface area (Å²) in [4.78, 5) is 4.68. The number of aryl methyl sites for hydroxylation is 3. The van der Waals surface area contributed by atoms with Crippen molar-refractivity contribution in [2.45, 2.75) is 58.9 Å². The number of guanidine groups is 1. The highest BCUT2D eigenvalue weighted by Gasteiger charge is 2.13. The van der Waals surface area contributed by atoms with Gasteiger partial charge in [0.1, 0.15) is 24.0 Å². The van der Waals surface area contributed by atoms with Crippen molar-refractivity contribution in [1.82, 2.24) is 25.4 Å². The Morgan fingerprint density at radius 3 is 2.83 bits per heavy atom. The zero-order valence-electron chi connectivity index (χ0n) is 17.8. The van der Waals surface area contributed by atoms with Crippen LogP contribution in [0.3, 0.4) is 0 Å². The topological polar surface area (TPSA) is 76.4 Å². The molecule has 7 nitrogen and oxygen atoms in total. The molecular formula is C22H34N6O. The Kier molecular flexibility index (Phi) is 8.34. The summed E-state index contributed by atoms with van der Waals surface area (Å²) in [5, 5.41) is 15.4. The van der Waals surface area contributed by atoms with Gasteiger partial charge in [0.05, 0.1) is 6.54 Å². The van der Waals surface area contributed by atoms with E-state index < -0.39 is 0 Å². The van der Waals surface area contributed by atoms with Gasteiger partial charge in [-0.2, -0.15) is 0 Å². The lowest BCUT2D eigenvalue weighted by atomic mass is 10.2. The molecule has 1 aliphatic heterocycles. The molecule has 1 aromatic carbocycles. The Morgan fingerprint density at radius 1 is 1.14 bits per heavy atom. The maximum atomic E-state index is 5.76. The summed E-state index contributed by atoms with van der Waals surface area (Å²) in [6.07, 6.45) is 6.70. The number of rotatable bonds is 9. The first-order chi connectivity index (χ1) is 14.3. The first kappa shape index (κ1) is 21.1. The van der Waals surface area contributed by atoms with Crippen LogP contribution in [0.4, 0.5) is 0 Å². The van der Waals surface area contributed by atoms with Gasteiger partial charge in [0.25, 0.3) is 0 Å². The van der Waals surface area contributed by atoms with Gasteiger partial charge in [0, 0.05) is 32.5 Å². The zero-order chi connectivity index (χ0) is 20.3. The van der Waals surface area contributed by atoms with Gasteiger partial charge in [-0.25, -0.2) is 0 Å². The normalized spacial score (nSPS) is 14.2. The molecule has 0 amide bonds. The van der Waals surface area contributed by atoms with E-state index >= 15 is 0 Å². The number of hydrogen-bond acceptors (Lipinski definition) is 4. The van der Waals surface area contributed by atoms with Crippen molar-refractivity contribution in [3.05, 3.63) is 41.5 Å². The van der Waals surface area contributed by atoms with Gasteiger partial charge in [-0.15, -0.1) is 10.2 Å². The molecule has 0 atom stereocenters. The van der Waals surface area contributed by atoms with Crippen LogP contribution in [0, 0.1) is 6.92 Å². The molecule has 0 fully saturated rings. The van der Waals surface area contributed by atoms with E-state index in [4.69, 9.17) is 4.74 Å². The van der Waals surface area contributed by atoms with Crippen molar-refractivity contribution >= 4 is 5.96 Å². The summed E-state index contributed by atoms with van der Waals surface area (Å²) in [6, 6.07) is 8.12. The SMILES string of the molecule is CCNC(=NCCCc1nnc2n1CCCCC2)NCCOc1ccc(C)cc1. The zero-order valence-corrected chi connectivity index (χ0v) is 17.8. The smallest absolute Gasteiger partial charge is 0.191 e. The molecule has 2 heterocycles. The highest BCUT2D eigenvalue weighted by Crippen LogP contribution is 2.15. The third-order valence-corrected chi connectivity index (χ3v) is 5.04. The monoisotopic (exact) mass is 398 g/mol. The standard InChI is InChI=1S/C22H34N6O/c1-3-23-22(25-15-17-29-19-12-10-18(2)11-13-19)24-14-7-9-21-27-26-20-8-5-4-6-16-28(20)21/h10-13H,3-9,14-17H2,1-2H3,(H2,23,24,25). The molecule has 0 spiro atoms. The van der Waals surface area contributed by atoms with E-state index in [9.17, 15) is 0 Å². The maximum Gasteiger partial charge on any atom is 0.191 e. The van der Waals surface area contributed by atoms with Gasteiger partial charge >= 0.3 is 0 Å². The number of nitrogens with one attached hydrogen (secondary N) is 2. The summed E-state index contributed by atoms with van der Waals surface area (Å²) >= 11 is 0. The highest BCUT2D eigenvalue weighted by molar-refractivity contribution is 5.79. The largest absolute Gasteiger partial charge is 0.492 e. The average Bonchev–Trinajstić information content (AvgIpc) is 2.95. The van der Waals surface area contributed by atoms with Crippen LogP contribution in [-0.2, 0) is 19.4 Å². The van der Waals surface area contributed by atoms with Crippen LogP contribution in [0.1, 0.15) is 49.8 Å². The Hall–Kier alpha value is -2.57. The molecule has 0 radical (unpaired) electrons. The molecule has 3 rings (SSSR count). The Balaban J connectivity index is 1.39. The second-order valence-electron chi connectivity index (χ2n) is 7.45. The molecule has 0 saturated carbocycles. The lowest BCUT2D eigenvalue weighted by molar-refractivity contribution is 0.322. The van der Waals surface area contributed by atoms with Crippen molar-refractivity contribution in [3.63, 3.8) is 0 Å². The van der Waals surface area contributed by atoms with Gasteiger partial charge in [-0.05, 0) is 45.2 Å². The van der Waals surface area contributed by atoms with Gasteiger partial charge in [0.15, 0.2) is 5.96 Å². The number of fused-ring (bicyclic) bond motifs is 1. The maximum absolute atomic E-state index is 5.76. The molecule has 0 bridgehead atoms. The van der Waals surface area contributed by atoms with Crippen LogP contribution in [0.5, 0.6) is 5.75 Å². The summed E-state index contributed by atoms with van der Waals surface area (Å²) in [6.45, 7) is 8.11. The fraction of sp³-hybridized carbons (Fsp3) is 0.591. The molecule has 29 heavy (non-hydrogen) atoms. The lowest BCUT2D eigenvalue weighted by Gasteiger charge is -2.12. The molecule has 1 aliphatic rings. The summed E-state index contributed by atoms with van der Waals surface area (Å²) in [5.74, 6) is 4.00. The van der Waals surface area contributed by atoms with Crippen LogP contribution in [0.25, 0.3) is 0 Å². The van der Waals surface area contributed by atoms with E-state index in [2.05, 4.69) is 56.4 Å². The average molecular weight is 399 g/mol. The van der Waals surface area contributed by atoms with Gasteiger partial charge in [0.2, 0.25) is 0 Å². The third kappa shape index (κ3) is 6.76. The van der Waals surface area contributed by atoms with Crippen molar-refractivity contribution in [3.8, 4) is 5.75 Å². The van der Waals surface area contributed by atoms with E-state index in [1.54, 1.807) is 0 Å². The van der Waals surface area contributed by atoms with E-state index in [1.807, 2.05) is 12.1 Å². The minimum absolute atomic E-state index is 0.597. The second kappa shape index (κ2) is 11.4. The number of hydrogen-bond donors (Lipinski definition) is 2. The van der Waals surface area contributed by atoms with E-state index in [0.29, 0.717) is 13.2 Å².